The zero-order chi connectivity index (χ0) is 29.5. The molecule has 4 N–H and O–H groups in total. The van der Waals surface area contributed by atoms with Crippen LogP contribution in [0.1, 0.15) is 31.1 Å². The molecule has 208 valence electrons. The Hall–Kier alpha value is -5.83. The number of carbonyl (C=O) groups is 3. The van der Waals surface area contributed by atoms with Gasteiger partial charge in [-0.05, 0) is 78.9 Å². The van der Waals surface area contributed by atoms with Crippen LogP contribution in [0.2, 0.25) is 0 Å². The third-order valence-corrected chi connectivity index (χ3v) is 6.42. The van der Waals surface area contributed by atoms with E-state index in [2.05, 4.69) is 21.3 Å². The molecular formula is C33H30N6O3+2. The van der Waals surface area contributed by atoms with E-state index in [0.717, 1.165) is 11.4 Å². The molecule has 9 nitrogen and oxygen atoms in total. The van der Waals surface area contributed by atoms with Crippen LogP contribution in [0.15, 0.2) is 122 Å². The van der Waals surface area contributed by atoms with E-state index in [4.69, 9.17) is 0 Å². The molecule has 0 spiro atoms. The lowest BCUT2D eigenvalue weighted by Crippen LogP contribution is -2.27. The van der Waals surface area contributed by atoms with Crippen LogP contribution in [0, 0.1) is 0 Å². The van der Waals surface area contributed by atoms with E-state index in [0.29, 0.717) is 33.8 Å². The number of pyridine rings is 2. The quantitative estimate of drug-likeness (QED) is 0.205. The highest BCUT2D eigenvalue weighted by molar-refractivity contribution is 6.08. The Morgan fingerprint density at radius 1 is 0.452 bits per heavy atom. The van der Waals surface area contributed by atoms with E-state index in [9.17, 15) is 14.4 Å². The number of hydrogen-bond acceptors (Lipinski definition) is 4. The number of aromatic nitrogens is 2. The van der Waals surface area contributed by atoms with Gasteiger partial charge in [0.25, 0.3) is 17.7 Å². The van der Waals surface area contributed by atoms with Crippen LogP contribution in [-0.2, 0) is 14.1 Å². The van der Waals surface area contributed by atoms with Crippen LogP contribution in [0.5, 0.6) is 0 Å². The van der Waals surface area contributed by atoms with Crippen molar-refractivity contribution in [2.75, 3.05) is 21.3 Å². The van der Waals surface area contributed by atoms with Gasteiger partial charge in [-0.25, -0.2) is 9.13 Å². The van der Waals surface area contributed by atoms with E-state index >= 15 is 0 Å². The van der Waals surface area contributed by atoms with Gasteiger partial charge in [0, 0.05) is 52.0 Å². The van der Waals surface area contributed by atoms with Gasteiger partial charge < -0.3 is 21.3 Å². The summed E-state index contributed by atoms with van der Waals surface area (Å²) >= 11 is 0. The molecule has 0 radical (unpaired) electrons. The first kappa shape index (κ1) is 27.7. The third kappa shape index (κ3) is 7.22. The largest absolute Gasteiger partial charge is 0.355 e. The minimum Gasteiger partial charge on any atom is -0.355 e. The van der Waals surface area contributed by atoms with E-state index < -0.39 is 0 Å². The molecule has 0 bridgehead atoms. The molecule has 42 heavy (non-hydrogen) atoms. The van der Waals surface area contributed by atoms with Gasteiger partial charge in [0.1, 0.15) is 19.8 Å². The van der Waals surface area contributed by atoms with Crippen LogP contribution in [-0.4, -0.2) is 17.7 Å². The summed E-state index contributed by atoms with van der Waals surface area (Å²) < 4.78 is 3.80. The lowest BCUT2D eigenvalue weighted by molar-refractivity contribution is -0.671. The Bertz CT molecular complexity index is 1720. The monoisotopic (exact) mass is 558 g/mol. The average Bonchev–Trinajstić information content (AvgIpc) is 3.00. The van der Waals surface area contributed by atoms with Gasteiger partial charge >= 0.3 is 0 Å². The molecule has 5 aromatic rings. The number of nitrogens with zero attached hydrogens (tertiary/aromatic N) is 2. The van der Waals surface area contributed by atoms with E-state index in [1.807, 2.05) is 96.5 Å². The van der Waals surface area contributed by atoms with Crippen molar-refractivity contribution >= 4 is 46.2 Å². The van der Waals surface area contributed by atoms with Gasteiger partial charge in [0.2, 0.25) is 0 Å². The summed E-state index contributed by atoms with van der Waals surface area (Å²) in [5.74, 6) is -0.857. The lowest BCUT2D eigenvalue weighted by Gasteiger charge is -2.09. The zero-order valence-electron chi connectivity index (χ0n) is 23.2. The predicted molar refractivity (Wildman–Crippen MR) is 162 cm³/mol. The van der Waals surface area contributed by atoms with Crippen molar-refractivity contribution in [2.45, 2.75) is 0 Å². The maximum atomic E-state index is 12.8. The molecule has 5 rings (SSSR count). The maximum Gasteiger partial charge on any atom is 0.255 e. The Balaban J connectivity index is 1.13. The number of benzene rings is 3. The fourth-order valence-electron chi connectivity index (χ4n) is 4.14. The van der Waals surface area contributed by atoms with Gasteiger partial charge in [0.05, 0.1) is 5.69 Å². The lowest BCUT2D eigenvalue weighted by atomic mass is 10.1. The highest BCUT2D eigenvalue weighted by Gasteiger charge is 2.12. The summed E-state index contributed by atoms with van der Waals surface area (Å²) in [4.78, 5) is 38.0. The number of nitrogens with one attached hydrogen (secondary N) is 4. The Morgan fingerprint density at radius 3 is 1.36 bits per heavy atom. The maximum absolute atomic E-state index is 12.8. The van der Waals surface area contributed by atoms with Gasteiger partial charge in [-0.15, -0.1) is 0 Å². The van der Waals surface area contributed by atoms with E-state index in [1.165, 1.54) is 0 Å². The standard InChI is InChI=1S/C33H28N6O3/c1-38-20-17-29(18-21-38)34-26-13-15-28(16-14-26)36-32(41)24-7-5-23(6-8-24)31(40)35-27-11-9-25(10-12-27)33(42)37-30-4-3-19-39(2)22-30/h3-22H,1-2H3,(H2-,35,36,37,40,41,42)/p+2. The second kappa shape index (κ2) is 12.6. The Morgan fingerprint density at radius 2 is 0.857 bits per heavy atom. The summed E-state index contributed by atoms with van der Waals surface area (Å²) in [6.45, 7) is 0. The minimum absolute atomic E-state index is 0.248. The van der Waals surface area contributed by atoms with Crippen LogP contribution < -0.4 is 30.4 Å². The minimum atomic E-state index is -0.328. The number of amides is 3. The number of carbonyl (C=O) groups excluding carboxylic acids is 3. The highest BCUT2D eigenvalue weighted by Crippen LogP contribution is 2.19. The summed E-state index contributed by atoms with van der Waals surface area (Å²) in [7, 11) is 3.83. The molecule has 0 aliphatic carbocycles. The molecule has 0 unspecified atom stereocenters. The SMILES string of the molecule is C[n+]1ccc(Nc2ccc(NC(=O)c3ccc(C(=O)Nc4ccc(C(=O)Nc5ccc[n+](C)c5)cc4)cc3)cc2)cc1. The van der Waals surface area contributed by atoms with Gasteiger partial charge in [-0.3, -0.25) is 14.4 Å². The molecule has 2 aromatic heterocycles. The van der Waals surface area contributed by atoms with Crippen molar-refractivity contribution in [1.29, 1.82) is 0 Å². The zero-order valence-corrected chi connectivity index (χ0v) is 23.2. The average molecular weight is 559 g/mol. The molecular weight excluding hydrogens is 528 g/mol. The first-order chi connectivity index (χ1) is 20.3. The Labute approximate surface area is 243 Å². The summed E-state index contributed by atoms with van der Waals surface area (Å²) in [6, 6.07) is 28.0. The van der Waals surface area contributed by atoms with E-state index in [-0.39, 0.29) is 17.7 Å². The van der Waals surface area contributed by atoms with Gasteiger partial charge in [-0.1, -0.05) is 0 Å². The normalized spacial score (nSPS) is 10.4. The van der Waals surface area contributed by atoms with Crippen LogP contribution in [0.25, 0.3) is 0 Å². The van der Waals surface area contributed by atoms with Crippen LogP contribution in [0.4, 0.5) is 28.4 Å². The fourth-order valence-corrected chi connectivity index (χ4v) is 4.14. The van der Waals surface area contributed by atoms with Crippen LogP contribution in [0.3, 0.4) is 0 Å². The van der Waals surface area contributed by atoms with Crippen LogP contribution >= 0.6 is 0 Å². The molecule has 0 saturated heterocycles. The topological polar surface area (TPSA) is 107 Å². The van der Waals surface area contributed by atoms with Crippen molar-refractivity contribution < 1.29 is 23.5 Å². The molecule has 0 saturated carbocycles. The van der Waals surface area contributed by atoms with E-state index in [1.54, 1.807) is 48.5 Å². The molecule has 9 heteroatoms. The number of anilines is 5. The Kier molecular flexibility index (Phi) is 8.29. The van der Waals surface area contributed by atoms with Crippen molar-refractivity contribution in [2.24, 2.45) is 14.1 Å². The van der Waals surface area contributed by atoms with Gasteiger partial charge in [0.15, 0.2) is 24.8 Å². The highest BCUT2D eigenvalue weighted by atomic mass is 16.2. The molecule has 0 aliphatic rings. The number of rotatable bonds is 8. The third-order valence-electron chi connectivity index (χ3n) is 6.42. The summed E-state index contributed by atoms with van der Waals surface area (Å²) in [5.41, 5.74) is 5.03. The number of aryl methyl sites for hydroxylation is 2. The molecule has 0 atom stereocenters. The first-order valence-corrected chi connectivity index (χ1v) is 13.2. The van der Waals surface area contributed by atoms with Crippen molar-refractivity contribution in [1.82, 2.24) is 0 Å². The smallest absolute Gasteiger partial charge is 0.255 e. The molecule has 3 amide bonds. The second-order valence-corrected chi connectivity index (χ2v) is 9.73. The number of hydrogen-bond donors (Lipinski definition) is 4. The molecule has 0 fully saturated rings. The summed E-state index contributed by atoms with van der Waals surface area (Å²) in [5, 5.41) is 11.8. The predicted octanol–water partition coefficient (Wildman–Crippen LogP) is 4.84. The second-order valence-electron chi connectivity index (χ2n) is 9.73. The van der Waals surface area contributed by atoms with Crippen molar-refractivity contribution in [3.05, 3.63) is 139 Å². The summed E-state index contributed by atoms with van der Waals surface area (Å²) in [6.07, 6.45) is 7.60. The van der Waals surface area contributed by atoms with Crippen molar-refractivity contribution in [3.63, 3.8) is 0 Å². The fraction of sp³-hybridized carbons (Fsp3) is 0.0606. The molecule has 2 heterocycles. The van der Waals surface area contributed by atoms with Crippen molar-refractivity contribution in [3.8, 4) is 0 Å². The van der Waals surface area contributed by atoms with Gasteiger partial charge in [-0.2, -0.15) is 0 Å². The molecule has 3 aromatic carbocycles. The first-order valence-electron chi connectivity index (χ1n) is 13.2. The molecule has 0 aliphatic heterocycles.